The predicted octanol–water partition coefficient (Wildman–Crippen LogP) is 4.15. The van der Waals surface area contributed by atoms with Crippen molar-refractivity contribution < 1.29 is 28.6 Å². The lowest BCUT2D eigenvalue weighted by Crippen LogP contribution is -2.26. The van der Waals surface area contributed by atoms with Crippen molar-refractivity contribution in [1.29, 1.82) is 0 Å². The first-order valence-electron chi connectivity index (χ1n) is 9.59. The van der Waals surface area contributed by atoms with Crippen LogP contribution in [0.3, 0.4) is 0 Å². The Balaban J connectivity index is 1.57. The van der Waals surface area contributed by atoms with Crippen molar-refractivity contribution in [3.63, 3.8) is 0 Å². The maximum absolute atomic E-state index is 13.0. The van der Waals surface area contributed by atoms with E-state index < -0.39 is 18.0 Å². The lowest BCUT2D eigenvalue weighted by atomic mass is 10.1. The predicted molar refractivity (Wildman–Crippen MR) is 112 cm³/mol. The highest BCUT2D eigenvalue weighted by Crippen LogP contribution is 2.33. The van der Waals surface area contributed by atoms with Crippen LogP contribution in [0.15, 0.2) is 72.8 Å². The van der Waals surface area contributed by atoms with Gasteiger partial charge in [-0.1, -0.05) is 42.5 Å². The van der Waals surface area contributed by atoms with Gasteiger partial charge in [-0.15, -0.1) is 0 Å². The summed E-state index contributed by atoms with van der Waals surface area (Å²) in [6, 6.07) is 19.9. The Morgan fingerprint density at radius 3 is 2.42 bits per heavy atom. The number of carbonyl (C=O) groups excluding carboxylic acids is 3. The van der Waals surface area contributed by atoms with Crippen molar-refractivity contribution in [3.05, 3.63) is 89.5 Å². The SMILES string of the molecule is CC(=O)c1cccc(NC(=O)C(OC(=O)c2ccc3c(c2)OCO3)c2ccccc2)c1. The molecular formula is C24H19NO6. The second-order valence-corrected chi connectivity index (χ2v) is 6.89. The summed E-state index contributed by atoms with van der Waals surface area (Å²) in [5.41, 5.74) is 1.64. The van der Waals surface area contributed by atoms with Crippen LogP contribution in [0.2, 0.25) is 0 Å². The van der Waals surface area contributed by atoms with Crippen molar-refractivity contribution in [2.45, 2.75) is 13.0 Å². The van der Waals surface area contributed by atoms with E-state index in [1.807, 2.05) is 0 Å². The van der Waals surface area contributed by atoms with E-state index in [1.54, 1.807) is 66.7 Å². The normalized spacial score (nSPS) is 12.7. The molecule has 1 heterocycles. The summed E-state index contributed by atoms with van der Waals surface area (Å²) in [6.45, 7) is 1.53. The molecule has 1 N–H and O–H groups in total. The number of benzene rings is 3. The topological polar surface area (TPSA) is 90.9 Å². The number of nitrogens with one attached hydrogen (secondary N) is 1. The van der Waals surface area contributed by atoms with Gasteiger partial charge in [0.1, 0.15) is 0 Å². The average Bonchev–Trinajstić information content (AvgIpc) is 3.26. The van der Waals surface area contributed by atoms with Gasteiger partial charge in [-0.3, -0.25) is 9.59 Å². The highest BCUT2D eigenvalue weighted by Gasteiger charge is 2.27. The summed E-state index contributed by atoms with van der Waals surface area (Å²) < 4.78 is 16.1. The van der Waals surface area contributed by atoms with E-state index in [-0.39, 0.29) is 18.1 Å². The zero-order chi connectivity index (χ0) is 21.8. The summed E-state index contributed by atoms with van der Waals surface area (Å²) in [6.07, 6.45) is -1.19. The van der Waals surface area contributed by atoms with Crippen LogP contribution in [-0.2, 0) is 9.53 Å². The van der Waals surface area contributed by atoms with Gasteiger partial charge in [0, 0.05) is 16.8 Å². The molecule has 1 atom stereocenters. The van der Waals surface area contributed by atoms with E-state index in [2.05, 4.69) is 5.32 Å². The molecule has 0 aliphatic carbocycles. The number of Topliss-reactive ketones (excluding diaryl/α,β-unsaturated/α-hetero) is 1. The number of amides is 1. The Morgan fingerprint density at radius 2 is 1.65 bits per heavy atom. The van der Waals surface area contributed by atoms with E-state index in [0.717, 1.165) is 0 Å². The molecule has 0 bridgehead atoms. The first-order valence-corrected chi connectivity index (χ1v) is 9.59. The first kappa shape index (κ1) is 20.2. The Hall–Kier alpha value is -4.13. The molecule has 1 aliphatic rings. The summed E-state index contributed by atoms with van der Waals surface area (Å²) in [7, 11) is 0. The Labute approximate surface area is 178 Å². The molecule has 1 amide bonds. The van der Waals surface area contributed by atoms with E-state index >= 15 is 0 Å². The van der Waals surface area contributed by atoms with Gasteiger partial charge < -0.3 is 19.5 Å². The Morgan fingerprint density at radius 1 is 0.871 bits per heavy atom. The third-order valence-electron chi connectivity index (χ3n) is 4.71. The molecule has 0 saturated carbocycles. The number of anilines is 1. The minimum absolute atomic E-state index is 0.0855. The molecule has 1 unspecified atom stereocenters. The molecule has 0 radical (unpaired) electrons. The number of ether oxygens (including phenoxy) is 3. The van der Waals surface area contributed by atoms with Crippen molar-refractivity contribution in [1.82, 2.24) is 0 Å². The molecule has 3 aromatic rings. The number of ketones is 1. The molecule has 0 fully saturated rings. The molecule has 0 saturated heterocycles. The van der Waals surface area contributed by atoms with Crippen molar-refractivity contribution >= 4 is 23.3 Å². The summed E-state index contributed by atoms with van der Waals surface area (Å²) in [5, 5.41) is 2.72. The van der Waals surface area contributed by atoms with Gasteiger partial charge in [0.2, 0.25) is 12.9 Å². The van der Waals surface area contributed by atoms with E-state index in [9.17, 15) is 14.4 Å². The summed E-state index contributed by atoms with van der Waals surface area (Å²) in [4.78, 5) is 37.4. The van der Waals surface area contributed by atoms with Gasteiger partial charge in [0.15, 0.2) is 17.3 Å². The van der Waals surface area contributed by atoms with Crippen LogP contribution < -0.4 is 14.8 Å². The second kappa shape index (κ2) is 8.71. The third kappa shape index (κ3) is 4.56. The lowest BCUT2D eigenvalue weighted by Gasteiger charge is -2.18. The van der Waals surface area contributed by atoms with Gasteiger partial charge in [0.05, 0.1) is 5.56 Å². The van der Waals surface area contributed by atoms with E-state index in [1.165, 1.54) is 13.0 Å². The fourth-order valence-corrected chi connectivity index (χ4v) is 3.12. The minimum atomic E-state index is -1.19. The standard InChI is InChI=1S/C24H19NO6/c1-15(26)17-8-5-9-19(12-17)25-23(27)22(16-6-3-2-4-7-16)31-24(28)18-10-11-20-21(13-18)30-14-29-20/h2-13,22H,14H2,1H3,(H,25,27). The molecule has 7 heteroatoms. The fraction of sp³-hybridized carbons (Fsp3) is 0.125. The van der Waals surface area contributed by atoms with Crippen LogP contribution >= 0.6 is 0 Å². The van der Waals surface area contributed by atoms with E-state index in [4.69, 9.17) is 14.2 Å². The highest BCUT2D eigenvalue weighted by atomic mass is 16.7. The Kier molecular flexibility index (Phi) is 5.66. The Bertz CT molecular complexity index is 1140. The first-order chi connectivity index (χ1) is 15.0. The number of rotatable bonds is 6. The molecule has 0 spiro atoms. The van der Waals surface area contributed by atoms with E-state index in [0.29, 0.717) is 28.3 Å². The van der Waals surface area contributed by atoms with Crippen molar-refractivity contribution in [3.8, 4) is 11.5 Å². The number of hydrogen-bond donors (Lipinski definition) is 1. The molecule has 3 aromatic carbocycles. The zero-order valence-corrected chi connectivity index (χ0v) is 16.7. The number of hydrogen-bond acceptors (Lipinski definition) is 6. The largest absolute Gasteiger partial charge is 0.454 e. The van der Waals surface area contributed by atoms with Gasteiger partial charge in [-0.05, 0) is 37.3 Å². The molecule has 7 nitrogen and oxygen atoms in total. The van der Waals surface area contributed by atoms with Gasteiger partial charge in [0.25, 0.3) is 5.91 Å². The third-order valence-corrected chi connectivity index (χ3v) is 4.71. The summed E-state index contributed by atoms with van der Waals surface area (Å²) in [5.74, 6) is -0.360. The molecule has 1 aliphatic heterocycles. The monoisotopic (exact) mass is 417 g/mol. The summed E-state index contributed by atoms with van der Waals surface area (Å²) >= 11 is 0. The molecule has 4 rings (SSSR count). The van der Waals surface area contributed by atoms with Crippen molar-refractivity contribution in [2.24, 2.45) is 0 Å². The molecule has 0 aromatic heterocycles. The highest BCUT2D eigenvalue weighted by molar-refractivity contribution is 6.00. The smallest absolute Gasteiger partial charge is 0.339 e. The molecular weight excluding hydrogens is 398 g/mol. The number of esters is 1. The van der Waals surface area contributed by atoms with Gasteiger partial charge in [-0.2, -0.15) is 0 Å². The maximum Gasteiger partial charge on any atom is 0.339 e. The molecule has 156 valence electrons. The van der Waals surface area contributed by atoms with Gasteiger partial charge >= 0.3 is 5.97 Å². The second-order valence-electron chi connectivity index (χ2n) is 6.89. The maximum atomic E-state index is 13.0. The quantitative estimate of drug-likeness (QED) is 0.479. The van der Waals surface area contributed by atoms with Crippen LogP contribution in [0.4, 0.5) is 5.69 Å². The number of carbonyl (C=O) groups is 3. The van der Waals surface area contributed by atoms with Crippen LogP contribution in [-0.4, -0.2) is 24.5 Å². The van der Waals surface area contributed by atoms with Crippen LogP contribution in [0.5, 0.6) is 11.5 Å². The zero-order valence-electron chi connectivity index (χ0n) is 16.7. The fourth-order valence-electron chi connectivity index (χ4n) is 3.12. The van der Waals surface area contributed by atoms with Crippen LogP contribution in [0.1, 0.15) is 39.3 Å². The van der Waals surface area contributed by atoms with Crippen LogP contribution in [0.25, 0.3) is 0 Å². The lowest BCUT2D eigenvalue weighted by molar-refractivity contribution is -0.125. The minimum Gasteiger partial charge on any atom is -0.454 e. The van der Waals surface area contributed by atoms with Gasteiger partial charge in [-0.25, -0.2) is 4.79 Å². The molecule has 31 heavy (non-hydrogen) atoms. The average molecular weight is 417 g/mol. The van der Waals surface area contributed by atoms with Crippen molar-refractivity contribution in [2.75, 3.05) is 12.1 Å². The van der Waals surface area contributed by atoms with Crippen LogP contribution in [0, 0.1) is 0 Å². The number of fused-ring (bicyclic) bond motifs is 1.